The molecule has 14 heteroatoms. The summed E-state index contributed by atoms with van der Waals surface area (Å²) in [6.45, 7) is 3.44. The molecule has 0 aromatic heterocycles. The number of nitrogen functional groups attached to an aromatic ring is 1. The lowest BCUT2D eigenvalue weighted by Crippen LogP contribution is -2.50. The van der Waals surface area contributed by atoms with Gasteiger partial charge in [0.15, 0.2) is 5.75 Å². The smallest absolute Gasteiger partial charge is 0.258 e. The van der Waals surface area contributed by atoms with Crippen LogP contribution in [0, 0.1) is 5.92 Å². The number of ether oxygens (including phenoxy) is 1. The number of aliphatic hydroxyl groups excluding tert-OH is 1. The molecule has 0 saturated carbocycles. The maximum absolute atomic E-state index is 13.8. The number of carbonyl (C=O) groups excluding carboxylic acids is 3. The second-order valence-corrected chi connectivity index (χ2v) is 14.8. The number of fused-ring (bicyclic) bond motifs is 1. The number of amides is 3. The molecule has 0 bridgehead atoms. The van der Waals surface area contributed by atoms with Crippen molar-refractivity contribution in [2.24, 2.45) is 5.92 Å². The van der Waals surface area contributed by atoms with Crippen molar-refractivity contribution in [1.82, 2.24) is 9.21 Å². The molecule has 0 radical (unpaired) electrons. The molecule has 5 N–H and O–H groups in total. The van der Waals surface area contributed by atoms with Gasteiger partial charge < -0.3 is 31.1 Å². The van der Waals surface area contributed by atoms with Crippen molar-refractivity contribution >= 4 is 56.4 Å². The zero-order chi connectivity index (χ0) is 35.7. The van der Waals surface area contributed by atoms with E-state index in [0.717, 1.165) is 0 Å². The van der Waals surface area contributed by atoms with Crippen LogP contribution in [0.1, 0.15) is 56.3 Å². The van der Waals surface area contributed by atoms with E-state index in [2.05, 4.69) is 10.6 Å². The summed E-state index contributed by atoms with van der Waals surface area (Å²) in [5, 5.41) is 16.0. The summed E-state index contributed by atoms with van der Waals surface area (Å²) in [5.41, 5.74) is 7.39. The molecular formula is C35H44ClN5O7S. The summed E-state index contributed by atoms with van der Waals surface area (Å²) >= 11 is 5.97. The average Bonchev–Trinajstić information content (AvgIpc) is 3.07. The highest BCUT2D eigenvalue weighted by Gasteiger charge is 2.36. The van der Waals surface area contributed by atoms with Crippen molar-refractivity contribution < 1.29 is 32.6 Å². The van der Waals surface area contributed by atoms with E-state index in [-0.39, 0.29) is 78.1 Å². The van der Waals surface area contributed by atoms with E-state index in [1.807, 2.05) is 6.92 Å². The molecule has 3 amide bonds. The van der Waals surface area contributed by atoms with Gasteiger partial charge in [0.2, 0.25) is 21.8 Å². The molecule has 264 valence electrons. The summed E-state index contributed by atoms with van der Waals surface area (Å²) in [5.74, 6) is -1.08. The molecule has 1 aliphatic rings. The van der Waals surface area contributed by atoms with E-state index in [4.69, 9.17) is 22.1 Å². The summed E-state index contributed by atoms with van der Waals surface area (Å²) in [4.78, 5) is 40.8. The maximum atomic E-state index is 13.8. The van der Waals surface area contributed by atoms with Gasteiger partial charge in [-0.15, -0.1) is 0 Å². The third-order valence-electron chi connectivity index (χ3n) is 8.47. The van der Waals surface area contributed by atoms with Crippen molar-refractivity contribution in [2.45, 2.75) is 63.0 Å². The fourth-order valence-corrected chi connectivity index (χ4v) is 6.79. The Hall–Kier alpha value is -4.17. The number of aliphatic hydroxyl groups is 1. The van der Waals surface area contributed by atoms with Gasteiger partial charge in [-0.3, -0.25) is 14.4 Å². The number of hydrogen-bond donors (Lipinski definition) is 4. The van der Waals surface area contributed by atoms with Gasteiger partial charge in [-0.2, -0.15) is 4.31 Å². The molecular weight excluding hydrogens is 670 g/mol. The van der Waals surface area contributed by atoms with Crippen LogP contribution in [0.25, 0.3) is 0 Å². The maximum Gasteiger partial charge on any atom is 0.258 e. The number of nitrogens with zero attached hydrogens (tertiary/aromatic N) is 2. The standard InChI is InChI=1S/C35H44ClN5O7S/c1-23-20-41(24(2)22-42)35(45)27-10-9-13-30(34(27)48-31(23)21-40(3)49(46,47)26-18-16-25(36)17-19-26)39-33(44)15-6-4-5-14-32(43)38-29-12-8-7-11-28(29)37/h7-13,16-19,23-24,31,42H,4-6,14-15,20-22,37H2,1-3H3,(H,38,43)(H,39,44)/t23-,24+,31+/m1/s1. The second kappa shape index (κ2) is 17.0. The van der Waals surface area contributed by atoms with Crippen molar-refractivity contribution in [1.29, 1.82) is 0 Å². The molecule has 49 heavy (non-hydrogen) atoms. The highest BCUT2D eigenvalue weighted by atomic mass is 35.5. The summed E-state index contributed by atoms with van der Waals surface area (Å²) < 4.78 is 34.5. The van der Waals surface area contributed by atoms with Crippen LogP contribution in [-0.2, 0) is 19.6 Å². The van der Waals surface area contributed by atoms with Crippen LogP contribution in [0.2, 0.25) is 5.02 Å². The van der Waals surface area contributed by atoms with E-state index >= 15 is 0 Å². The third-order valence-corrected chi connectivity index (χ3v) is 10.6. The number of nitrogens with one attached hydrogen (secondary N) is 2. The summed E-state index contributed by atoms with van der Waals surface area (Å²) in [7, 11) is -2.46. The van der Waals surface area contributed by atoms with Gasteiger partial charge in [-0.05, 0) is 68.3 Å². The Morgan fingerprint density at radius 2 is 1.61 bits per heavy atom. The highest BCUT2D eigenvalue weighted by Crippen LogP contribution is 2.35. The van der Waals surface area contributed by atoms with E-state index < -0.39 is 22.2 Å². The van der Waals surface area contributed by atoms with Gasteiger partial charge >= 0.3 is 0 Å². The normalized spacial score (nSPS) is 17.0. The first kappa shape index (κ1) is 37.6. The Bertz CT molecular complexity index is 1740. The van der Waals surface area contributed by atoms with Gasteiger partial charge in [0.05, 0.1) is 46.7 Å². The number of anilines is 3. The Morgan fingerprint density at radius 1 is 1.00 bits per heavy atom. The van der Waals surface area contributed by atoms with Crippen LogP contribution < -0.4 is 21.1 Å². The third kappa shape index (κ3) is 9.72. The van der Waals surface area contributed by atoms with E-state index in [9.17, 15) is 27.9 Å². The van der Waals surface area contributed by atoms with E-state index in [1.165, 1.54) is 35.6 Å². The quantitative estimate of drug-likeness (QED) is 0.134. The number of para-hydroxylation sites is 3. The zero-order valence-corrected chi connectivity index (χ0v) is 29.5. The van der Waals surface area contributed by atoms with Crippen LogP contribution >= 0.6 is 11.6 Å². The molecule has 3 aromatic rings. The molecule has 0 saturated heterocycles. The van der Waals surface area contributed by atoms with Crippen LogP contribution in [-0.4, -0.2) is 79.3 Å². The van der Waals surface area contributed by atoms with Crippen molar-refractivity contribution in [2.75, 3.05) is 43.1 Å². The van der Waals surface area contributed by atoms with Crippen molar-refractivity contribution in [3.8, 4) is 5.75 Å². The lowest BCUT2D eigenvalue weighted by atomic mass is 9.99. The first-order chi connectivity index (χ1) is 23.3. The topological polar surface area (TPSA) is 171 Å². The van der Waals surface area contributed by atoms with E-state index in [0.29, 0.717) is 35.7 Å². The first-order valence-electron chi connectivity index (χ1n) is 16.2. The summed E-state index contributed by atoms with van der Waals surface area (Å²) in [6.07, 6.45) is 1.45. The molecule has 12 nitrogen and oxygen atoms in total. The number of carbonyl (C=O) groups is 3. The number of benzene rings is 3. The number of hydrogen-bond acceptors (Lipinski definition) is 8. The highest BCUT2D eigenvalue weighted by molar-refractivity contribution is 7.89. The molecule has 1 aliphatic heterocycles. The predicted molar refractivity (Wildman–Crippen MR) is 190 cm³/mol. The van der Waals surface area contributed by atoms with Gasteiger partial charge in [0.1, 0.15) is 6.10 Å². The minimum Gasteiger partial charge on any atom is -0.486 e. The van der Waals surface area contributed by atoms with Crippen molar-refractivity contribution in [3.05, 3.63) is 77.3 Å². The Balaban J connectivity index is 1.46. The van der Waals surface area contributed by atoms with Crippen molar-refractivity contribution in [3.63, 3.8) is 0 Å². The average molecular weight is 714 g/mol. The second-order valence-electron chi connectivity index (χ2n) is 12.3. The lowest BCUT2D eigenvalue weighted by Gasteiger charge is -2.38. The van der Waals surface area contributed by atoms with Gasteiger partial charge in [-0.1, -0.05) is 43.1 Å². The Morgan fingerprint density at radius 3 is 2.24 bits per heavy atom. The van der Waals surface area contributed by atoms with Crippen LogP contribution in [0.5, 0.6) is 5.75 Å². The number of likely N-dealkylation sites (N-methyl/N-ethyl adjacent to an activating group) is 1. The van der Waals surface area contributed by atoms with Crippen LogP contribution in [0.3, 0.4) is 0 Å². The fraction of sp³-hybridized carbons (Fsp3) is 0.400. The minimum absolute atomic E-state index is 0.0617. The molecule has 0 spiro atoms. The largest absolute Gasteiger partial charge is 0.486 e. The molecule has 0 aliphatic carbocycles. The number of sulfonamides is 1. The van der Waals surface area contributed by atoms with E-state index in [1.54, 1.807) is 54.3 Å². The molecule has 1 heterocycles. The van der Waals surface area contributed by atoms with Crippen LogP contribution in [0.15, 0.2) is 71.6 Å². The van der Waals surface area contributed by atoms with Crippen LogP contribution in [0.4, 0.5) is 17.1 Å². The summed E-state index contributed by atoms with van der Waals surface area (Å²) in [6, 6.07) is 17.2. The van der Waals surface area contributed by atoms with Gasteiger partial charge in [0, 0.05) is 37.4 Å². The molecule has 3 atom stereocenters. The number of rotatable bonds is 14. The Kier molecular flexibility index (Phi) is 13.0. The lowest BCUT2D eigenvalue weighted by molar-refractivity contribution is -0.116. The van der Waals surface area contributed by atoms with Gasteiger partial charge in [0.25, 0.3) is 5.91 Å². The number of halogens is 1. The molecule has 3 aromatic carbocycles. The molecule has 0 unspecified atom stereocenters. The SMILES string of the molecule is C[C@@H]1CN([C@@H](C)CO)C(=O)c2cccc(NC(=O)CCCCCC(=O)Nc3ccccc3N)c2O[C@H]1CN(C)S(=O)(=O)c1ccc(Cl)cc1. The monoisotopic (exact) mass is 713 g/mol. The van der Waals surface area contributed by atoms with Gasteiger partial charge in [-0.25, -0.2) is 8.42 Å². The fourth-order valence-electron chi connectivity index (χ4n) is 5.48. The Labute approximate surface area is 292 Å². The minimum atomic E-state index is -3.92. The number of nitrogens with two attached hydrogens (primary N) is 1. The molecule has 4 rings (SSSR count). The molecule has 0 fully saturated rings. The predicted octanol–water partition coefficient (Wildman–Crippen LogP) is 4.99. The zero-order valence-electron chi connectivity index (χ0n) is 27.9. The first-order valence-corrected chi connectivity index (χ1v) is 18.0. The number of unbranched alkanes of at least 4 members (excludes halogenated alkanes) is 2.